The highest BCUT2D eigenvalue weighted by Crippen LogP contribution is 2.35. The molecular weight excluding hydrogens is 365 g/mol. The van der Waals surface area contributed by atoms with Crippen molar-refractivity contribution in [1.82, 2.24) is 5.16 Å². The number of hydrogen-bond acceptors (Lipinski definition) is 5. The highest BCUT2D eigenvalue weighted by Gasteiger charge is 2.24. The van der Waals surface area contributed by atoms with Crippen LogP contribution in [0.15, 0.2) is 32.4 Å². The average Bonchev–Trinajstić information content (AvgIpc) is 2.83. The lowest BCUT2D eigenvalue weighted by atomic mass is 10.3. The quantitative estimate of drug-likeness (QED) is 0.639. The number of nitrogens with two attached hydrogens (primary N) is 1. The summed E-state index contributed by atoms with van der Waals surface area (Å²) in [6, 6.07) is 0.952. The second kappa shape index (κ2) is 4.99. The maximum atomic E-state index is 13.9. The molecule has 0 bridgehead atoms. The monoisotopic (exact) mass is 369 g/mol. The molecule has 0 atom stereocenters. The molecule has 19 heavy (non-hydrogen) atoms. The van der Waals surface area contributed by atoms with Crippen LogP contribution in [0, 0.1) is 5.82 Å². The highest BCUT2D eigenvalue weighted by molar-refractivity contribution is 9.10. The van der Waals surface area contributed by atoms with Crippen molar-refractivity contribution in [3.63, 3.8) is 0 Å². The van der Waals surface area contributed by atoms with Gasteiger partial charge in [-0.05, 0) is 22.0 Å². The minimum atomic E-state index is -4.19. The summed E-state index contributed by atoms with van der Waals surface area (Å²) in [5.74, 6) is -1.10. The summed E-state index contributed by atoms with van der Waals surface area (Å²) >= 11 is 8.72. The Labute approximate surface area is 120 Å². The number of nitrogen functional groups attached to an aromatic ring is 1. The fourth-order valence-electron chi connectivity index (χ4n) is 1.26. The zero-order valence-electron chi connectivity index (χ0n) is 9.02. The third-order valence-corrected chi connectivity index (χ3v) is 4.89. The van der Waals surface area contributed by atoms with E-state index in [1.807, 2.05) is 0 Å². The molecule has 0 radical (unpaired) electrons. The van der Waals surface area contributed by atoms with E-state index in [4.69, 9.17) is 17.3 Å². The maximum absolute atomic E-state index is 13.9. The number of nitrogens with zero attached hydrogens (tertiary/aromatic N) is 1. The molecule has 0 aliphatic carbocycles. The Hall–Kier alpha value is -1.32. The molecular formula is C9H6BrClFN3O3S. The summed E-state index contributed by atoms with van der Waals surface area (Å²) in [4.78, 5) is -0.667. The van der Waals surface area contributed by atoms with E-state index in [1.54, 1.807) is 0 Å². The van der Waals surface area contributed by atoms with Crippen LogP contribution in [0.4, 0.5) is 15.8 Å². The van der Waals surface area contributed by atoms with Crippen molar-refractivity contribution in [3.8, 4) is 0 Å². The summed E-state index contributed by atoms with van der Waals surface area (Å²) in [6.07, 6.45) is 2.18. The lowest BCUT2D eigenvalue weighted by Gasteiger charge is -2.10. The second-order valence-corrected chi connectivity index (χ2v) is 6.27. The summed E-state index contributed by atoms with van der Waals surface area (Å²) in [7, 11) is -4.19. The highest BCUT2D eigenvalue weighted by atomic mass is 79.9. The molecule has 2 aromatic rings. The number of anilines is 2. The van der Waals surface area contributed by atoms with E-state index in [0.717, 1.165) is 18.5 Å². The van der Waals surface area contributed by atoms with Gasteiger partial charge in [0.2, 0.25) is 0 Å². The Morgan fingerprint density at radius 2 is 2.21 bits per heavy atom. The zero-order chi connectivity index (χ0) is 14.2. The molecule has 0 aliphatic heterocycles. The predicted molar refractivity (Wildman–Crippen MR) is 70.8 cm³/mol. The van der Waals surface area contributed by atoms with Gasteiger partial charge in [-0.3, -0.25) is 4.72 Å². The number of benzene rings is 1. The smallest absolute Gasteiger partial charge is 0.265 e. The minimum absolute atomic E-state index is 0.0235. The molecule has 0 saturated carbocycles. The van der Waals surface area contributed by atoms with E-state index in [9.17, 15) is 12.8 Å². The molecule has 0 saturated heterocycles. The van der Waals surface area contributed by atoms with Gasteiger partial charge in [0.25, 0.3) is 10.0 Å². The number of hydrogen-bond donors (Lipinski definition) is 2. The van der Waals surface area contributed by atoms with Gasteiger partial charge in [0.05, 0.1) is 21.4 Å². The largest absolute Gasteiger partial charge is 0.395 e. The number of aromatic nitrogens is 1. The van der Waals surface area contributed by atoms with Crippen molar-refractivity contribution in [2.24, 2.45) is 0 Å². The zero-order valence-corrected chi connectivity index (χ0v) is 12.2. The molecule has 1 aromatic carbocycles. The Kier molecular flexibility index (Phi) is 3.70. The Balaban J connectivity index is 2.52. The van der Waals surface area contributed by atoms with Crippen LogP contribution in [0.1, 0.15) is 0 Å². The Morgan fingerprint density at radius 3 is 2.79 bits per heavy atom. The van der Waals surface area contributed by atoms with Crippen molar-refractivity contribution in [3.05, 3.63) is 33.8 Å². The third kappa shape index (κ3) is 2.67. The van der Waals surface area contributed by atoms with Gasteiger partial charge in [0, 0.05) is 0 Å². The fraction of sp³-hybridized carbons (Fsp3) is 0. The number of halogens is 3. The summed E-state index contributed by atoms with van der Waals surface area (Å²) in [5.41, 5.74) is 5.09. The van der Waals surface area contributed by atoms with Crippen molar-refractivity contribution in [1.29, 1.82) is 0 Å². The van der Waals surface area contributed by atoms with Crippen molar-refractivity contribution >= 4 is 48.9 Å². The van der Waals surface area contributed by atoms with Crippen LogP contribution in [0.3, 0.4) is 0 Å². The van der Waals surface area contributed by atoms with Gasteiger partial charge in [0.15, 0.2) is 5.82 Å². The van der Waals surface area contributed by atoms with Crippen LogP contribution in [0.5, 0.6) is 0 Å². The molecule has 1 aromatic heterocycles. The van der Waals surface area contributed by atoms with Crippen molar-refractivity contribution < 1.29 is 17.3 Å². The number of rotatable bonds is 3. The molecule has 1 heterocycles. The first kappa shape index (κ1) is 14.1. The standard InChI is InChI=1S/C9H6BrClFN3O3S/c10-7-5(11)1-6(8(12)9(7)13)19(16,17)15-4-2-14-18-3-4/h1-3,15H,13H2. The van der Waals surface area contributed by atoms with Crippen LogP contribution < -0.4 is 10.5 Å². The molecule has 0 fully saturated rings. The van der Waals surface area contributed by atoms with E-state index in [0.29, 0.717) is 0 Å². The first-order chi connectivity index (χ1) is 8.83. The molecule has 2 rings (SSSR count). The van der Waals surface area contributed by atoms with E-state index in [1.165, 1.54) is 0 Å². The first-order valence-corrected chi connectivity index (χ1v) is 7.33. The SMILES string of the molecule is Nc1c(F)c(S(=O)(=O)Nc2cnoc2)cc(Cl)c1Br. The lowest BCUT2D eigenvalue weighted by molar-refractivity contribution is 0.420. The van der Waals surface area contributed by atoms with Gasteiger partial charge in [-0.15, -0.1) is 0 Å². The maximum Gasteiger partial charge on any atom is 0.265 e. The molecule has 6 nitrogen and oxygen atoms in total. The van der Waals surface area contributed by atoms with E-state index in [-0.39, 0.29) is 15.2 Å². The Bertz CT molecular complexity index is 721. The first-order valence-electron chi connectivity index (χ1n) is 4.68. The second-order valence-electron chi connectivity index (χ2n) is 3.42. The number of sulfonamides is 1. The van der Waals surface area contributed by atoms with Crippen LogP contribution in [-0.2, 0) is 10.0 Å². The molecule has 10 heteroatoms. The molecule has 0 spiro atoms. The van der Waals surface area contributed by atoms with Crippen LogP contribution in [0.2, 0.25) is 5.02 Å². The minimum Gasteiger partial charge on any atom is -0.395 e. The predicted octanol–water partition coefficient (Wildman–Crippen LogP) is 2.61. The fourth-order valence-corrected chi connectivity index (χ4v) is 2.96. The molecule has 0 aliphatic rings. The van der Waals surface area contributed by atoms with Gasteiger partial charge in [-0.2, -0.15) is 0 Å². The lowest BCUT2D eigenvalue weighted by Crippen LogP contribution is -2.15. The van der Waals surface area contributed by atoms with E-state index in [2.05, 4.69) is 30.3 Å². The summed E-state index contributed by atoms with van der Waals surface area (Å²) in [5, 5.41) is 3.29. The van der Waals surface area contributed by atoms with Crippen LogP contribution >= 0.6 is 27.5 Å². The van der Waals surface area contributed by atoms with Crippen molar-refractivity contribution in [2.75, 3.05) is 10.5 Å². The van der Waals surface area contributed by atoms with Gasteiger partial charge < -0.3 is 10.3 Å². The van der Waals surface area contributed by atoms with Crippen molar-refractivity contribution in [2.45, 2.75) is 4.90 Å². The van der Waals surface area contributed by atoms with Crippen LogP contribution in [0.25, 0.3) is 0 Å². The van der Waals surface area contributed by atoms with Gasteiger partial charge in [-0.25, -0.2) is 12.8 Å². The van der Waals surface area contributed by atoms with Gasteiger partial charge in [-0.1, -0.05) is 16.8 Å². The average molecular weight is 371 g/mol. The molecule has 0 unspecified atom stereocenters. The Morgan fingerprint density at radius 1 is 1.53 bits per heavy atom. The normalized spacial score (nSPS) is 11.5. The molecule has 0 amide bonds. The van der Waals surface area contributed by atoms with Gasteiger partial charge in [0.1, 0.15) is 16.8 Å². The topological polar surface area (TPSA) is 98.2 Å². The third-order valence-electron chi connectivity index (χ3n) is 2.13. The summed E-state index contributed by atoms with van der Waals surface area (Å²) in [6.45, 7) is 0. The van der Waals surface area contributed by atoms with E-state index >= 15 is 0 Å². The molecule has 102 valence electrons. The van der Waals surface area contributed by atoms with Crippen LogP contribution in [-0.4, -0.2) is 13.6 Å². The van der Waals surface area contributed by atoms with E-state index < -0.39 is 26.4 Å². The molecule has 3 N–H and O–H groups in total. The number of nitrogens with one attached hydrogen (secondary N) is 1. The van der Waals surface area contributed by atoms with Gasteiger partial charge >= 0.3 is 0 Å². The summed E-state index contributed by atoms with van der Waals surface area (Å²) < 4.78 is 44.5.